The normalized spacial score (nSPS) is 22.7. The van der Waals surface area contributed by atoms with Gasteiger partial charge in [0.05, 0.1) is 6.54 Å². The number of amides is 1. The minimum atomic E-state index is -0.637. The van der Waals surface area contributed by atoms with Gasteiger partial charge >= 0.3 is 6.09 Å². The molecule has 33 heavy (non-hydrogen) atoms. The zero-order chi connectivity index (χ0) is 23.8. The average Bonchev–Trinajstić information content (AvgIpc) is 3.17. The van der Waals surface area contributed by atoms with Gasteiger partial charge in [0, 0.05) is 24.7 Å². The molecule has 4 N–H and O–H groups in total. The van der Waals surface area contributed by atoms with E-state index >= 15 is 4.39 Å². The fourth-order valence-electron chi connectivity index (χ4n) is 4.72. The van der Waals surface area contributed by atoms with E-state index in [-0.39, 0.29) is 29.9 Å². The highest BCUT2D eigenvalue weighted by atomic mass is 19.1. The molecule has 1 aromatic rings. The lowest BCUT2D eigenvalue weighted by atomic mass is 9.87. The Morgan fingerprint density at radius 1 is 1.21 bits per heavy atom. The van der Waals surface area contributed by atoms with Crippen LogP contribution in [-0.4, -0.2) is 53.4 Å². The summed E-state index contributed by atoms with van der Waals surface area (Å²) in [5, 5.41) is 0. The molecule has 1 aliphatic carbocycles. The van der Waals surface area contributed by atoms with Crippen LogP contribution in [0.4, 0.5) is 14.9 Å². The zero-order valence-corrected chi connectivity index (χ0v) is 19.5. The molecule has 0 bridgehead atoms. The number of hydrogen-bond acceptors (Lipinski definition) is 8. The molecule has 4 rings (SSSR count). The van der Waals surface area contributed by atoms with Crippen LogP contribution in [0.15, 0.2) is 28.2 Å². The van der Waals surface area contributed by atoms with Gasteiger partial charge in [-0.1, -0.05) is 6.42 Å². The van der Waals surface area contributed by atoms with Crippen molar-refractivity contribution in [2.24, 2.45) is 21.5 Å². The van der Waals surface area contributed by atoms with E-state index in [0.29, 0.717) is 25.2 Å². The highest BCUT2D eigenvalue weighted by molar-refractivity contribution is 6.05. The van der Waals surface area contributed by atoms with Crippen LogP contribution < -0.4 is 21.1 Å². The van der Waals surface area contributed by atoms with Crippen LogP contribution in [0.2, 0.25) is 0 Å². The Kier molecular flexibility index (Phi) is 6.11. The molecule has 10 heteroatoms. The maximum atomic E-state index is 15.1. The standard InChI is InChI=1S/C23H33FN6O3/c1-22(2,3)33-21(31)29-12-9-16(14-29)32-18-8-7-15(13-17(18)24)30-20(26)27-19(25)28-23(30)10-5-4-6-11-23/h7-8,13,16H,4-6,9-12,14H2,1-3H3,(H4,25,26,27,28). The molecule has 9 nitrogen and oxygen atoms in total. The molecule has 0 radical (unpaired) electrons. The van der Waals surface area contributed by atoms with Gasteiger partial charge in [-0.3, -0.25) is 4.90 Å². The minimum Gasteiger partial charge on any atom is -0.485 e. The highest BCUT2D eigenvalue weighted by Gasteiger charge is 2.43. The van der Waals surface area contributed by atoms with E-state index in [2.05, 4.69) is 9.98 Å². The maximum absolute atomic E-state index is 15.1. The highest BCUT2D eigenvalue weighted by Crippen LogP contribution is 2.40. The summed E-state index contributed by atoms with van der Waals surface area (Å²) >= 11 is 0. The van der Waals surface area contributed by atoms with Crippen LogP contribution >= 0.6 is 0 Å². The number of rotatable bonds is 3. The van der Waals surface area contributed by atoms with Crippen molar-refractivity contribution in [2.75, 3.05) is 18.0 Å². The Labute approximate surface area is 193 Å². The van der Waals surface area contributed by atoms with Crippen LogP contribution in [0, 0.1) is 5.82 Å². The average molecular weight is 461 g/mol. The van der Waals surface area contributed by atoms with Gasteiger partial charge in [-0.05, 0) is 58.6 Å². The molecule has 1 aromatic carbocycles. The third-order valence-corrected chi connectivity index (χ3v) is 6.12. The Hall–Kier alpha value is -3.04. The van der Waals surface area contributed by atoms with Gasteiger partial charge in [0.2, 0.25) is 11.9 Å². The molecule has 2 aliphatic heterocycles. The number of halogens is 1. The minimum absolute atomic E-state index is 0.128. The van der Waals surface area contributed by atoms with Gasteiger partial charge in [-0.25, -0.2) is 14.2 Å². The number of ether oxygens (including phenoxy) is 2. The first-order chi connectivity index (χ1) is 15.6. The van der Waals surface area contributed by atoms with Crippen LogP contribution in [-0.2, 0) is 4.74 Å². The van der Waals surface area contributed by atoms with Gasteiger partial charge in [-0.15, -0.1) is 0 Å². The number of likely N-dealkylation sites (tertiary alicyclic amines) is 1. The number of guanidine groups is 2. The number of anilines is 1. The number of aliphatic imine (C=N–C) groups is 2. The smallest absolute Gasteiger partial charge is 0.410 e. The van der Waals surface area contributed by atoms with Crippen molar-refractivity contribution in [3.05, 3.63) is 24.0 Å². The summed E-state index contributed by atoms with van der Waals surface area (Å²) in [6.07, 6.45) is 4.53. The van der Waals surface area contributed by atoms with E-state index in [0.717, 1.165) is 32.1 Å². The van der Waals surface area contributed by atoms with Crippen LogP contribution in [0.5, 0.6) is 5.75 Å². The third-order valence-electron chi connectivity index (χ3n) is 6.12. The molecule has 0 aromatic heterocycles. The summed E-state index contributed by atoms with van der Waals surface area (Å²) in [6, 6.07) is 4.74. The van der Waals surface area contributed by atoms with Gasteiger partial charge < -0.3 is 25.8 Å². The van der Waals surface area contributed by atoms with E-state index in [1.54, 1.807) is 21.9 Å². The summed E-state index contributed by atoms with van der Waals surface area (Å²) < 4.78 is 26.4. The summed E-state index contributed by atoms with van der Waals surface area (Å²) in [5.74, 6) is -0.0179. The topological polar surface area (TPSA) is 119 Å². The molecule has 1 atom stereocenters. The number of benzene rings is 1. The first-order valence-electron chi connectivity index (χ1n) is 11.5. The van der Waals surface area contributed by atoms with E-state index in [1.807, 2.05) is 20.8 Å². The first kappa shape index (κ1) is 23.1. The Morgan fingerprint density at radius 3 is 2.61 bits per heavy atom. The number of nitrogens with zero attached hydrogens (tertiary/aromatic N) is 4. The van der Waals surface area contributed by atoms with Crippen molar-refractivity contribution in [3.63, 3.8) is 0 Å². The van der Waals surface area contributed by atoms with E-state index in [9.17, 15) is 4.79 Å². The van der Waals surface area contributed by atoms with Gasteiger partial charge in [-0.2, -0.15) is 4.99 Å². The fraction of sp³-hybridized carbons (Fsp3) is 0.609. The van der Waals surface area contributed by atoms with Crippen molar-refractivity contribution in [2.45, 2.75) is 76.7 Å². The monoisotopic (exact) mass is 460 g/mol. The van der Waals surface area contributed by atoms with Crippen LogP contribution in [0.1, 0.15) is 59.3 Å². The van der Waals surface area contributed by atoms with Gasteiger partial charge in [0.25, 0.3) is 0 Å². The zero-order valence-electron chi connectivity index (χ0n) is 19.5. The van der Waals surface area contributed by atoms with Crippen molar-refractivity contribution in [3.8, 4) is 5.75 Å². The largest absolute Gasteiger partial charge is 0.485 e. The summed E-state index contributed by atoms with van der Waals surface area (Å²) in [4.78, 5) is 24.4. The third kappa shape index (κ3) is 4.99. The van der Waals surface area contributed by atoms with Crippen molar-refractivity contribution in [1.29, 1.82) is 0 Å². The second kappa shape index (κ2) is 8.72. The summed E-state index contributed by atoms with van der Waals surface area (Å²) in [6.45, 7) is 6.31. The second-order valence-electron chi connectivity index (χ2n) is 9.89. The van der Waals surface area contributed by atoms with Crippen LogP contribution in [0.25, 0.3) is 0 Å². The number of nitrogens with two attached hydrogens (primary N) is 2. The molecule has 180 valence electrons. The second-order valence-corrected chi connectivity index (χ2v) is 9.89. The Balaban J connectivity index is 1.47. The molecule has 1 unspecified atom stereocenters. The molecule has 1 amide bonds. The lowest BCUT2D eigenvalue weighted by Crippen LogP contribution is -2.58. The molecular formula is C23H33FN6O3. The maximum Gasteiger partial charge on any atom is 0.410 e. The Morgan fingerprint density at radius 2 is 1.94 bits per heavy atom. The molecule has 2 fully saturated rings. The van der Waals surface area contributed by atoms with Crippen molar-refractivity contribution < 1.29 is 18.7 Å². The van der Waals surface area contributed by atoms with Crippen molar-refractivity contribution in [1.82, 2.24) is 4.90 Å². The van der Waals surface area contributed by atoms with E-state index in [4.69, 9.17) is 20.9 Å². The van der Waals surface area contributed by atoms with Crippen molar-refractivity contribution >= 4 is 23.7 Å². The fourth-order valence-corrected chi connectivity index (χ4v) is 4.72. The predicted molar refractivity (Wildman–Crippen MR) is 125 cm³/mol. The molecule has 3 aliphatic rings. The quantitative estimate of drug-likeness (QED) is 0.714. The number of carbonyl (C=O) groups is 1. The summed E-state index contributed by atoms with van der Waals surface area (Å²) in [7, 11) is 0. The molecule has 1 saturated heterocycles. The molecule has 2 heterocycles. The van der Waals surface area contributed by atoms with Crippen LogP contribution in [0.3, 0.4) is 0 Å². The van der Waals surface area contributed by atoms with E-state index < -0.39 is 17.1 Å². The SMILES string of the molecule is CC(C)(C)OC(=O)N1CCC(Oc2ccc(N3C(N)=NC(N)=NC34CCCCC4)cc2F)C1. The van der Waals surface area contributed by atoms with Gasteiger partial charge in [0.1, 0.15) is 17.4 Å². The molecule has 1 saturated carbocycles. The Bertz CT molecular complexity index is 967. The summed E-state index contributed by atoms with van der Waals surface area (Å²) in [5.41, 5.74) is 11.5. The lowest BCUT2D eigenvalue weighted by molar-refractivity contribution is 0.0275. The van der Waals surface area contributed by atoms with Gasteiger partial charge in [0.15, 0.2) is 11.6 Å². The predicted octanol–water partition coefficient (Wildman–Crippen LogP) is 3.32. The number of carbonyl (C=O) groups excluding carboxylic acids is 1. The molecule has 1 spiro atoms. The lowest BCUT2D eigenvalue weighted by Gasteiger charge is -2.45. The van der Waals surface area contributed by atoms with E-state index in [1.165, 1.54) is 6.07 Å². The molecular weight excluding hydrogens is 427 g/mol. The number of hydrogen-bond donors (Lipinski definition) is 2. The first-order valence-corrected chi connectivity index (χ1v) is 11.5.